The number of hydrogen-bond acceptors (Lipinski definition) is 3. The number of aromatic nitrogens is 1. The van der Waals surface area contributed by atoms with Gasteiger partial charge >= 0.3 is 0 Å². The maximum Gasteiger partial charge on any atom is 0.253 e. The highest BCUT2D eigenvalue weighted by molar-refractivity contribution is 5.95. The number of nitrogens with one attached hydrogen (secondary N) is 1. The van der Waals surface area contributed by atoms with Gasteiger partial charge in [0.25, 0.3) is 11.8 Å². The van der Waals surface area contributed by atoms with Gasteiger partial charge in [0.2, 0.25) is 0 Å². The zero-order chi connectivity index (χ0) is 16.1. The van der Waals surface area contributed by atoms with Gasteiger partial charge in [-0.1, -0.05) is 12.1 Å². The Balaban J connectivity index is 2.18. The first-order chi connectivity index (χ1) is 10.5. The maximum absolute atomic E-state index is 11.8. The fraction of sp³-hybridized carbons (Fsp3) is 0.235. The van der Waals surface area contributed by atoms with E-state index >= 15 is 0 Å². The van der Waals surface area contributed by atoms with Crippen molar-refractivity contribution >= 4 is 11.8 Å². The van der Waals surface area contributed by atoms with Gasteiger partial charge in [0.05, 0.1) is 11.3 Å². The van der Waals surface area contributed by atoms with Gasteiger partial charge in [0.15, 0.2) is 0 Å². The zero-order valence-corrected chi connectivity index (χ0v) is 13.0. The van der Waals surface area contributed by atoms with E-state index in [0.717, 1.165) is 11.3 Å². The van der Waals surface area contributed by atoms with Crippen molar-refractivity contribution in [3.05, 3.63) is 53.7 Å². The topological polar surface area (TPSA) is 62.3 Å². The molecule has 2 aromatic rings. The molecule has 114 valence electrons. The Labute approximate surface area is 130 Å². The SMILES string of the molecule is CCNC(=O)c1ccc(-c2ccc(C(=O)N(C)C)cc2)nc1. The normalized spacial score (nSPS) is 10.1. The second-order valence-corrected chi connectivity index (χ2v) is 5.07. The third-order valence-electron chi connectivity index (χ3n) is 3.20. The van der Waals surface area contributed by atoms with Crippen molar-refractivity contribution in [2.24, 2.45) is 0 Å². The molecule has 1 aromatic heterocycles. The summed E-state index contributed by atoms with van der Waals surface area (Å²) in [6.07, 6.45) is 1.55. The summed E-state index contributed by atoms with van der Waals surface area (Å²) in [5.41, 5.74) is 2.83. The average molecular weight is 297 g/mol. The first-order valence-corrected chi connectivity index (χ1v) is 7.09. The number of pyridine rings is 1. The van der Waals surface area contributed by atoms with Gasteiger partial charge in [-0.25, -0.2) is 0 Å². The second-order valence-electron chi connectivity index (χ2n) is 5.07. The van der Waals surface area contributed by atoms with E-state index in [4.69, 9.17) is 0 Å². The van der Waals surface area contributed by atoms with E-state index in [1.807, 2.05) is 19.1 Å². The fourth-order valence-electron chi connectivity index (χ4n) is 2.00. The van der Waals surface area contributed by atoms with Crippen molar-refractivity contribution < 1.29 is 9.59 Å². The molecule has 0 aliphatic carbocycles. The van der Waals surface area contributed by atoms with Crippen LogP contribution in [0.4, 0.5) is 0 Å². The molecule has 0 saturated carbocycles. The van der Waals surface area contributed by atoms with Gasteiger partial charge in [-0.05, 0) is 31.2 Å². The summed E-state index contributed by atoms with van der Waals surface area (Å²) in [5, 5.41) is 2.73. The van der Waals surface area contributed by atoms with Crippen LogP contribution in [0.5, 0.6) is 0 Å². The summed E-state index contributed by atoms with van der Waals surface area (Å²) < 4.78 is 0. The van der Waals surface area contributed by atoms with Gasteiger partial charge in [0, 0.05) is 38.0 Å². The third-order valence-corrected chi connectivity index (χ3v) is 3.20. The Hall–Kier alpha value is -2.69. The van der Waals surface area contributed by atoms with E-state index in [1.165, 1.54) is 4.90 Å². The molecule has 1 N–H and O–H groups in total. The largest absolute Gasteiger partial charge is 0.352 e. The molecular weight excluding hydrogens is 278 g/mol. The van der Waals surface area contributed by atoms with Crippen LogP contribution in [0.25, 0.3) is 11.3 Å². The van der Waals surface area contributed by atoms with Crippen molar-refractivity contribution in [2.45, 2.75) is 6.92 Å². The highest BCUT2D eigenvalue weighted by Gasteiger charge is 2.09. The van der Waals surface area contributed by atoms with Gasteiger partial charge in [-0.2, -0.15) is 0 Å². The van der Waals surface area contributed by atoms with E-state index in [9.17, 15) is 9.59 Å². The van der Waals surface area contributed by atoms with Crippen LogP contribution in [0.1, 0.15) is 27.6 Å². The number of carbonyl (C=O) groups excluding carboxylic acids is 2. The molecule has 0 aliphatic rings. The predicted octanol–water partition coefficient (Wildman–Crippen LogP) is 2.20. The highest BCUT2D eigenvalue weighted by atomic mass is 16.2. The molecule has 0 unspecified atom stereocenters. The van der Waals surface area contributed by atoms with Crippen molar-refractivity contribution in [3.63, 3.8) is 0 Å². The molecule has 2 rings (SSSR count). The molecule has 5 heteroatoms. The molecule has 22 heavy (non-hydrogen) atoms. The Morgan fingerprint density at radius 3 is 2.18 bits per heavy atom. The summed E-state index contributed by atoms with van der Waals surface area (Å²) in [6, 6.07) is 10.8. The molecule has 0 radical (unpaired) electrons. The summed E-state index contributed by atoms with van der Waals surface area (Å²) >= 11 is 0. The number of nitrogens with zero attached hydrogens (tertiary/aromatic N) is 2. The minimum Gasteiger partial charge on any atom is -0.352 e. The van der Waals surface area contributed by atoms with Crippen LogP contribution in [0, 0.1) is 0 Å². The standard InChI is InChI=1S/C17H19N3O2/c1-4-18-16(21)14-9-10-15(19-11-14)12-5-7-13(8-6-12)17(22)20(2)3/h5-11H,4H2,1-3H3,(H,18,21). The summed E-state index contributed by atoms with van der Waals surface area (Å²) in [7, 11) is 3.44. The molecule has 0 atom stereocenters. The lowest BCUT2D eigenvalue weighted by molar-refractivity contribution is 0.0827. The molecule has 0 fully saturated rings. The van der Waals surface area contributed by atoms with E-state index in [1.54, 1.807) is 44.6 Å². The van der Waals surface area contributed by atoms with Crippen LogP contribution in [0.3, 0.4) is 0 Å². The van der Waals surface area contributed by atoms with Crippen LogP contribution in [0.15, 0.2) is 42.6 Å². The first kappa shape index (κ1) is 15.7. The van der Waals surface area contributed by atoms with E-state index in [0.29, 0.717) is 17.7 Å². The minimum atomic E-state index is -0.131. The first-order valence-electron chi connectivity index (χ1n) is 7.09. The molecule has 2 amide bonds. The number of carbonyl (C=O) groups is 2. The predicted molar refractivity (Wildman–Crippen MR) is 85.7 cm³/mol. The number of benzene rings is 1. The Bertz CT molecular complexity index is 661. The molecule has 1 aromatic carbocycles. The van der Waals surface area contributed by atoms with E-state index in [-0.39, 0.29) is 11.8 Å². The molecule has 0 spiro atoms. The summed E-state index contributed by atoms with van der Waals surface area (Å²) in [6.45, 7) is 2.46. The minimum absolute atomic E-state index is 0.0360. The van der Waals surface area contributed by atoms with Crippen molar-refractivity contribution in [2.75, 3.05) is 20.6 Å². The fourth-order valence-corrected chi connectivity index (χ4v) is 2.00. The lowest BCUT2D eigenvalue weighted by Crippen LogP contribution is -2.22. The van der Waals surface area contributed by atoms with Crippen LogP contribution < -0.4 is 5.32 Å². The van der Waals surface area contributed by atoms with Gasteiger partial charge in [-0.15, -0.1) is 0 Å². The molecule has 5 nitrogen and oxygen atoms in total. The quantitative estimate of drug-likeness (QED) is 0.941. The highest BCUT2D eigenvalue weighted by Crippen LogP contribution is 2.18. The molecule has 1 heterocycles. The number of amides is 2. The van der Waals surface area contributed by atoms with Gasteiger partial charge in [0.1, 0.15) is 0 Å². The van der Waals surface area contributed by atoms with Crippen LogP contribution >= 0.6 is 0 Å². The van der Waals surface area contributed by atoms with Crippen molar-refractivity contribution in [1.29, 1.82) is 0 Å². The summed E-state index contributed by atoms with van der Waals surface area (Å²) in [5.74, 6) is -0.167. The number of rotatable bonds is 4. The van der Waals surface area contributed by atoms with E-state index < -0.39 is 0 Å². The summed E-state index contributed by atoms with van der Waals surface area (Å²) in [4.78, 5) is 29.4. The van der Waals surface area contributed by atoms with Gasteiger partial charge in [-0.3, -0.25) is 14.6 Å². The molecular formula is C17H19N3O2. The Kier molecular flexibility index (Phi) is 4.88. The van der Waals surface area contributed by atoms with Gasteiger partial charge < -0.3 is 10.2 Å². The third kappa shape index (κ3) is 3.49. The lowest BCUT2D eigenvalue weighted by atomic mass is 10.1. The monoisotopic (exact) mass is 297 g/mol. The average Bonchev–Trinajstić information content (AvgIpc) is 2.54. The van der Waals surface area contributed by atoms with Crippen LogP contribution in [-0.2, 0) is 0 Å². The Morgan fingerprint density at radius 1 is 1.05 bits per heavy atom. The Morgan fingerprint density at radius 2 is 1.68 bits per heavy atom. The van der Waals surface area contributed by atoms with Crippen molar-refractivity contribution in [3.8, 4) is 11.3 Å². The molecule has 0 aliphatic heterocycles. The zero-order valence-electron chi connectivity index (χ0n) is 13.0. The van der Waals surface area contributed by atoms with Crippen molar-refractivity contribution in [1.82, 2.24) is 15.2 Å². The van der Waals surface area contributed by atoms with Crippen LogP contribution in [-0.4, -0.2) is 42.3 Å². The lowest BCUT2D eigenvalue weighted by Gasteiger charge is -2.10. The second kappa shape index (κ2) is 6.85. The van der Waals surface area contributed by atoms with Crippen LogP contribution in [0.2, 0.25) is 0 Å². The van der Waals surface area contributed by atoms with E-state index in [2.05, 4.69) is 10.3 Å². The molecule has 0 saturated heterocycles. The maximum atomic E-state index is 11.8. The number of hydrogen-bond donors (Lipinski definition) is 1. The molecule has 0 bridgehead atoms. The smallest absolute Gasteiger partial charge is 0.253 e.